The molecule has 0 heterocycles. The maximum absolute atomic E-state index is 11.0. The maximum Gasteiger partial charge on any atom is 0.324 e. The van der Waals surface area contributed by atoms with Gasteiger partial charge in [-0.1, -0.05) is 12.2 Å². The molecule has 0 unspecified atom stereocenters. The molecular formula is C8H12O4. The van der Waals surface area contributed by atoms with Gasteiger partial charge in [0.15, 0.2) is 5.92 Å². The molecule has 12 heavy (non-hydrogen) atoms. The molecule has 0 aromatic heterocycles. The molecule has 0 N–H and O–H groups in total. The molecule has 0 aromatic carbocycles. The average Bonchev–Trinajstić information content (AvgIpc) is 2.03. The first kappa shape index (κ1) is 10.7. The Kier molecular flexibility index (Phi) is 4.04. The van der Waals surface area contributed by atoms with Crippen molar-refractivity contribution >= 4 is 11.9 Å². The second kappa shape index (κ2) is 4.54. The topological polar surface area (TPSA) is 52.6 Å². The fourth-order valence-corrected chi connectivity index (χ4v) is 0.734. The first-order valence-electron chi connectivity index (χ1n) is 3.35. The summed E-state index contributed by atoms with van der Waals surface area (Å²) >= 11 is 0. The first-order valence-corrected chi connectivity index (χ1v) is 3.35. The van der Waals surface area contributed by atoms with E-state index < -0.39 is 17.9 Å². The van der Waals surface area contributed by atoms with Crippen LogP contribution in [0.3, 0.4) is 0 Å². The minimum Gasteiger partial charge on any atom is -0.468 e. The molecule has 0 atom stereocenters. The zero-order valence-corrected chi connectivity index (χ0v) is 7.42. The Hall–Kier alpha value is -1.32. The normalized spacial score (nSPS) is 9.33. The van der Waals surface area contributed by atoms with Crippen molar-refractivity contribution in [3.05, 3.63) is 12.2 Å². The van der Waals surface area contributed by atoms with Crippen LogP contribution in [0.4, 0.5) is 0 Å². The van der Waals surface area contributed by atoms with E-state index in [1.54, 1.807) is 6.92 Å². The number of carbonyl (C=O) groups is 2. The van der Waals surface area contributed by atoms with Crippen LogP contribution in [0.1, 0.15) is 6.92 Å². The lowest BCUT2D eigenvalue weighted by Crippen LogP contribution is -2.27. The van der Waals surface area contributed by atoms with Gasteiger partial charge in [-0.2, -0.15) is 0 Å². The molecule has 0 aliphatic rings. The number of carbonyl (C=O) groups excluding carboxylic acids is 2. The van der Waals surface area contributed by atoms with Crippen LogP contribution in [-0.4, -0.2) is 26.2 Å². The number of ether oxygens (including phenoxy) is 2. The van der Waals surface area contributed by atoms with Gasteiger partial charge in [-0.15, -0.1) is 0 Å². The lowest BCUT2D eigenvalue weighted by Gasteiger charge is -2.11. The summed E-state index contributed by atoms with van der Waals surface area (Å²) in [7, 11) is 2.42. The van der Waals surface area contributed by atoms with Gasteiger partial charge in [-0.05, 0) is 6.92 Å². The molecule has 0 amide bonds. The van der Waals surface area contributed by atoms with Gasteiger partial charge in [0, 0.05) is 0 Å². The molecule has 4 heteroatoms. The molecule has 0 fully saturated rings. The van der Waals surface area contributed by atoms with E-state index in [-0.39, 0.29) is 0 Å². The Bertz CT molecular complexity index is 191. The Morgan fingerprint density at radius 3 is 1.67 bits per heavy atom. The van der Waals surface area contributed by atoms with E-state index in [1.807, 2.05) is 0 Å². The van der Waals surface area contributed by atoms with Crippen LogP contribution in [0, 0.1) is 5.92 Å². The van der Waals surface area contributed by atoms with Crippen molar-refractivity contribution < 1.29 is 19.1 Å². The Morgan fingerprint density at radius 1 is 1.17 bits per heavy atom. The summed E-state index contributed by atoms with van der Waals surface area (Å²) in [5, 5.41) is 0. The third-order valence-electron chi connectivity index (χ3n) is 1.37. The zero-order valence-electron chi connectivity index (χ0n) is 7.42. The lowest BCUT2D eigenvalue weighted by molar-refractivity contribution is -0.156. The van der Waals surface area contributed by atoms with Crippen molar-refractivity contribution in [1.82, 2.24) is 0 Å². The summed E-state index contributed by atoms with van der Waals surface area (Å²) in [6, 6.07) is 0. The maximum atomic E-state index is 11.0. The van der Waals surface area contributed by atoms with Crippen molar-refractivity contribution in [3.63, 3.8) is 0 Å². The highest BCUT2D eigenvalue weighted by atomic mass is 16.5. The van der Waals surface area contributed by atoms with Crippen molar-refractivity contribution in [2.24, 2.45) is 5.92 Å². The minimum absolute atomic E-state index is 0.411. The molecule has 0 aliphatic heterocycles. The van der Waals surface area contributed by atoms with Crippen LogP contribution in [0.25, 0.3) is 0 Å². The molecule has 0 aliphatic carbocycles. The third-order valence-corrected chi connectivity index (χ3v) is 1.37. The van der Waals surface area contributed by atoms with Crippen molar-refractivity contribution in [2.75, 3.05) is 14.2 Å². The highest BCUT2D eigenvalue weighted by Crippen LogP contribution is 2.11. The van der Waals surface area contributed by atoms with Gasteiger partial charge in [0.25, 0.3) is 0 Å². The highest BCUT2D eigenvalue weighted by molar-refractivity contribution is 5.97. The smallest absolute Gasteiger partial charge is 0.324 e. The van der Waals surface area contributed by atoms with E-state index in [9.17, 15) is 9.59 Å². The fraction of sp³-hybridized carbons (Fsp3) is 0.500. The van der Waals surface area contributed by atoms with Crippen molar-refractivity contribution in [1.29, 1.82) is 0 Å². The van der Waals surface area contributed by atoms with E-state index in [0.29, 0.717) is 5.57 Å². The largest absolute Gasteiger partial charge is 0.468 e. The second-order valence-corrected chi connectivity index (χ2v) is 2.33. The van der Waals surface area contributed by atoms with E-state index in [2.05, 4.69) is 16.1 Å². The van der Waals surface area contributed by atoms with Crippen LogP contribution in [-0.2, 0) is 19.1 Å². The van der Waals surface area contributed by atoms with Crippen molar-refractivity contribution in [3.8, 4) is 0 Å². The van der Waals surface area contributed by atoms with Crippen LogP contribution in [0.15, 0.2) is 12.2 Å². The number of hydrogen-bond acceptors (Lipinski definition) is 4. The molecule has 0 saturated carbocycles. The molecule has 0 radical (unpaired) electrons. The van der Waals surface area contributed by atoms with Crippen LogP contribution in [0.5, 0.6) is 0 Å². The predicted molar refractivity (Wildman–Crippen MR) is 42.3 cm³/mol. The molecule has 0 bridgehead atoms. The van der Waals surface area contributed by atoms with Crippen LogP contribution < -0.4 is 0 Å². The van der Waals surface area contributed by atoms with E-state index >= 15 is 0 Å². The summed E-state index contributed by atoms with van der Waals surface area (Å²) in [5.41, 5.74) is 0.411. The first-order chi connectivity index (χ1) is 5.54. The summed E-state index contributed by atoms with van der Waals surface area (Å²) < 4.78 is 8.79. The molecule has 68 valence electrons. The van der Waals surface area contributed by atoms with Gasteiger partial charge in [0.05, 0.1) is 14.2 Å². The van der Waals surface area contributed by atoms with Gasteiger partial charge in [0.2, 0.25) is 0 Å². The van der Waals surface area contributed by atoms with Gasteiger partial charge >= 0.3 is 11.9 Å². The lowest BCUT2D eigenvalue weighted by atomic mass is 10.0. The summed E-state index contributed by atoms with van der Waals surface area (Å²) in [6.45, 7) is 5.06. The molecule has 0 aromatic rings. The minimum atomic E-state index is -1.00. The average molecular weight is 172 g/mol. The number of methoxy groups -OCH3 is 2. The van der Waals surface area contributed by atoms with Gasteiger partial charge in [0.1, 0.15) is 0 Å². The number of esters is 2. The Morgan fingerprint density at radius 2 is 1.50 bits per heavy atom. The Labute approximate surface area is 71.2 Å². The predicted octanol–water partition coefficient (Wildman–Crippen LogP) is 0.525. The fourth-order valence-electron chi connectivity index (χ4n) is 0.734. The molecular weight excluding hydrogens is 160 g/mol. The number of hydrogen-bond donors (Lipinski definition) is 0. The quantitative estimate of drug-likeness (QED) is 0.354. The SMILES string of the molecule is C=C(C)C(C(=O)OC)C(=O)OC. The van der Waals surface area contributed by atoms with Gasteiger partial charge in [-0.25, -0.2) is 0 Å². The van der Waals surface area contributed by atoms with E-state index in [1.165, 1.54) is 14.2 Å². The zero-order chi connectivity index (χ0) is 9.72. The van der Waals surface area contributed by atoms with Gasteiger partial charge in [-0.3, -0.25) is 9.59 Å². The summed E-state index contributed by atoms with van der Waals surface area (Å²) in [4.78, 5) is 21.9. The van der Waals surface area contributed by atoms with Gasteiger partial charge < -0.3 is 9.47 Å². The number of rotatable bonds is 3. The summed E-state index contributed by atoms with van der Waals surface area (Å²) in [6.07, 6.45) is 0. The third kappa shape index (κ3) is 2.38. The van der Waals surface area contributed by atoms with Crippen LogP contribution >= 0.6 is 0 Å². The van der Waals surface area contributed by atoms with Crippen LogP contribution in [0.2, 0.25) is 0 Å². The Balaban J connectivity index is 4.55. The van der Waals surface area contributed by atoms with E-state index in [0.717, 1.165) is 0 Å². The van der Waals surface area contributed by atoms with Crippen molar-refractivity contribution in [2.45, 2.75) is 6.92 Å². The molecule has 0 rings (SSSR count). The van der Waals surface area contributed by atoms with E-state index in [4.69, 9.17) is 0 Å². The molecule has 0 saturated heterocycles. The standard InChI is InChI=1S/C8H12O4/c1-5(2)6(7(9)11-3)8(10)12-4/h6H,1H2,2-4H3. The molecule has 0 spiro atoms. The second-order valence-electron chi connectivity index (χ2n) is 2.33. The monoisotopic (exact) mass is 172 g/mol. The molecule has 4 nitrogen and oxygen atoms in total. The highest BCUT2D eigenvalue weighted by Gasteiger charge is 2.28. The summed E-state index contributed by atoms with van der Waals surface area (Å²) in [5.74, 6) is -2.29.